The van der Waals surface area contributed by atoms with Crippen LogP contribution < -0.4 is 5.32 Å². The average Bonchev–Trinajstić information content (AvgIpc) is 3.23. The second-order valence-electron chi connectivity index (χ2n) is 7.85. The Morgan fingerprint density at radius 2 is 1.87 bits per heavy atom. The van der Waals surface area contributed by atoms with Crippen molar-refractivity contribution in [3.63, 3.8) is 0 Å². The van der Waals surface area contributed by atoms with Crippen molar-refractivity contribution in [2.24, 2.45) is 5.92 Å². The van der Waals surface area contributed by atoms with Crippen LogP contribution in [0.3, 0.4) is 0 Å². The van der Waals surface area contributed by atoms with Crippen molar-refractivity contribution >= 4 is 17.5 Å². The fourth-order valence-corrected chi connectivity index (χ4v) is 3.87. The van der Waals surface area contributed by atoms with E-state index in [1.807, 2.05) is 19.1 Å². The lowest BCUT2D eigenvalue weighted by molar-refractivity contribution is -0.127. The highest BCUT2D eigenvalue weighted by atomic mass is 35.5. The minimum absolute atomic E-state index is 0.0357. The number of amides is 1. The number of hydrogen-bond donors (Lipinski definition) is 1. The summed E-state index contributed by atoms with van der Waals surface area (Å²) in [6, 6.07) is 13.4. The zero-order valence-corrected chi connectivity index (χ0v) is 18.0. The highest BCUT2D eigenvalue weighted by Gasteiger charge is 2.27. The summed E-state index contributed by atoms with van der Waals surface area (Å²) in [6.45, 7) is 4.03. The molecule has 2 aromatic carbocycles. The van der Waals surface area contributed by atoms with Gasteiger partial charge < -0.3 is 9.84 Å². The Labute approximate surface area is 185 Å². The minimum Gasteiger partial charge on any atom is -0.349 e. The summed E-state index contributed by atoms with van der Waals surface area (Å²) >= 11 is 5.92. The lowest BCUT2D eigenvalue weighted by Gasteiger charge is -2.30. The van der Waals surface area contributed by atoms with Gasteiger partial charge in [0.2, 0.25) is 17.6 Å². The Bertz CT molecular complexity index is 1010. The first kappa shape index (κ1) is 21.5. The van der Waals surface area contributed by atoms with Crippen LogP contribution in [0, 0.1) is 11.7 Å². The maximum absolute atomic E-state index is 13.1. The van der Waals surface area contributed by atoms with Crippen LogP contribution in [-0.2, 0) is 11.3 Å². The third-order valence-corrected chi connectivity index (χ3v) is 5.87. The van der Waals surface area contributed by atoms with Gasteiger partial charge in [-0.1, -0.05) is 28.9 Å². The summed E-state index contributed by atoms with van der Waals surface area (Å²) in [5.74, 6) is 0.815. The summed E-state index contributed by atoms with van der Waals surface area (Å²) in [6.07, 6.45) is 1.53. The Hall–Kier alpha value is -2.77. The van der Waals surface area contributed by atoms with Gasteiger partial charge in [-0.2, -0.15) is 4.98 Å². The first-order chi connectivity index (χ1) is 15.0. The molecule has 1 aliphatic rings. The number of rotatable bonds is 6. The Kier molecular flexibility index (Phi) is 6.63. The SMILES string of the molecule is CC(NC(=O)C1CCN(Cc2nc(-c3ccc(Cl)cc3)no2)CC1)c1ccc(F)cc1. The van der Waals surface area contributed by atoms with Gasteiger partial charge in [-0.15, -0.1) is 0 Å². The standard InChI is InChI=1S/C23H24ClFN4O2/c1-15(16-4-8-20(25)9-5-16)26-23(30)18-10-12-29(13-11-18)14-21-27-22(28-31-21)17-2-6-19(24)7-3-17/h2-9,15,18H,10-14H2,1H3,(H,26,30). The van der Waals surface area contributed by atoms with Gasteiger partial charge >= 0.3 is 0 Å². The molecule has 0 bridgehead atoms. The van der Waals surface area contributed by atoms with Crippen molar-refractivity contribution in [1.82, 2.24) is 20.4 Å². The number of benzene rings is 2. The van der Waals surface area contributed by atoms with Gasteiger partial charge in [-0.05, 0) is 74.8 Å². The third-order valence-electron chi connectivity index (χ3n) is 5.62. The van der Waals surface area contributed by atoms with Gasteiger partial charge in [-0.3, -0.25) is 9.69 Å². The zero-order chi connectivity index (χ0) is 21.8. The molecule has 0 saturated carbocycles. The van der Waals surface area contributed by atoms with E-state index in [4.69, 9.17) is 16.1 Å². The van der Waals surface area contributed by atoms with Crippen LogP contribution in [0.15, 0.2) is 53.1 Å². The second kappa shape index (κ2) is 9.58. The molecule has 4 rings (SSSR count). The summed E-state index contributed by atoms with van der Waals surface area (Å²) in [7, 11) is 0. The predicted octanol–water partition coefficient (Wildman–Crippen LogP) is 4.62. The molecule has 3 aromatic rings. The average molecular weight is 443 g/mol. The third kappa shape index (κ3) is 5.48. The Morgan fingerprint density at radius 3 is 2.55 bits per heavy atom. The number of aromatic nitrogens is 2. The fraction of sp³-hybridized carbons (Fsp3) is 0.348. The zero-order valence-electron chi connectivity index (χ0n) is 17.2. The number of halogens is 2. The molecule has 0 radical (unpaired) electrons. The molecule has 0 spiro atoms. The molecule has 1 N–H and O–H groups in total. The van der Waals surface area contributed by atoms with E-state index >= 15 is 0 Å². The van der Waals surface area contributed by atoms with E-state index in [2.05, 4.69) is 20.4 Å². The molecule has 1 fully saturated rings. The summed E-state index contributed by atoms with van der Waals surface area (Å²) < 4.78 is 18.5. The molecule has 1 aromatic heterocycles. The summed E-state index contributed by atoms with van der Waals surface area (Å²) in [5.41, 5.74) is 1.74. The van der Waals surface area contributed by atoms with Gasteiger partial charge in [0.05, 0.1) is 12.6 Å². The van der Waals surface area contributed by atoms with Gasteiger partial charge in [0, 0.05) is 16.5 Å². The normalized spacial score (nSPS) is 16.2. The molecule has 0 aliphatic carbocycles. The number of nitrogens with zero attached hydrogens (tertiary/aromatic N) is 3. The maximum atomic E-state index is 13.1. The highest BCUT2D eigenvalue weighted by Crippen LogP contribution is 2.23. The molecular weight excluding hydrogens is 419 g/mol. The number of hydrogen-bond acceptors (Lipinski definition) is 5. The summed E-state index contributed by atoms with van der Waals surface area (Å²) in [5, 5.41) is 7.75. The molecule has 1 amide bonds. The van der Waals surface area contributed by atoms with Crippen molar-refractivity contribution in [3.8, 4) is 11.4 Å². The molecule has 1 atom stereocenters. The fourth-order valence-electron chi connectivity index (χ4n) is 3.75. The van der Waals surface area contributed by atoms with E-state index < -0.39 is 0 Å². The molecule has 1 unspecified atom stereocenters. The largest absolute Gasteiger partial charge is 0.349 e. The molecule has 2 heterocycles. The molecule has 1 saturated heterocycles. The number of nitrogens with one attached hydrogen (secondary N) is 1. The molecule has 8 heteroatoms. The topological polar surface area (TPSA) is 71.3 Å². The van der Waals surface area contributed by atoms with Crippen molar-refractivity contribution in [2.75, 3.05) is 13.1 Å². The van der Waals surface area contributed by atoms with Gasteiger partial charge in [0.15, 0.2) is 0 Å². The van der Waals surface area contributed by atoms with E-state index in [1.54, 1.807) is 24.3 Å². The smallest absolute Gasteiger partial charge is 0.241 e. The van der Waals surface area contributed by atoms with Crippen molar-refractivity contribution in [2.45, 2.75) is 32.4 Å². The Morgan fingerprint density at radius 1 is 1.19 bits per heavy atom. The second-order valence-corrected chi connectivity index (χ2v) is 8.29. The monoisotopic (exact) mass is 442 g/mol. The van der Waals surface area contributed by atoms with Gasteiger partial charge in [0.25, 0.3) is 0 Å². The lowest BCUT2D eigenvalue weighted by Crippen LogP contribution is -2.40. The van der Waals surface area contributed by atoms with E-state index in [-0.39, 0.29) is 23.7 Å². The number of carbonyl (C=O) groups is 1. The molecular formula is C23H24ClFN4O2. The predicted molar refractivity (Wildman–Crippen MR) is 116 cm³/mol. The van der Waals surface area contributed by atoms with E-state index in [0.29, 0.717) is 23.3 Å². The maximum Gasteiger partial charge on any atom is 0.241 e. The van der Waals surface area contributed by atoms with E-state index in [0.717, 1.165) is 37.1 Å². The van der Waals surface area contributed by atoms with Crippen LogP contribution in [0.1, 0.15) is 37.3 Å². The molecule has 1 aliphatic heterocycles. The first-order valence-corrected chi connectivity index (χ1v) is 10.7. The molecule has 6 nitrogen and oxygen atoms in total. The van der Waals surface area contributed by atoms with Crippen molar-refractivity contribution < 1.29 is 13.7 Å². The van der Waals surface area contributed by atoms with Crippen LogP contribution in [0.5, 0.6) is 0 Å². The van der Waals surface area contributed by atoms with Crippen LogP contribution in [0.25, 0.3) is 11.4 Å². The van der Waals surface area contributed by atoms with E-state index in [1.165, 1.54) is 12.1 Å². The van der Waals surface area contributed by atoms with Crippen molar-refractivity contribution in [1.29, 1.82) is 0 Å². The number of likely N-dealkylation sites (tertiary alicyclic amines) is 1. The number of carbonyl (C=O) groups excluding carboxylic acids is 1. The number of piperidine rings is 1. The van der Waals surface area contributed by atoms with Crippen molar-refractivity contribution in [3.05, 3.63) is 70.8 Å². The van der Waals surface area contributed by atoms with Gasteiger partial charge in [-0.25, -0.2) is 4.39 Å². The summed E-state index contributed by atoms with van der Waals surface area (Å²) in [4.78, 5) is 19.3. The van der Waals surface area contributed by atoms with Crippen LogP contribution in [-0.4, -0.2) is 34.0 Å². The van der Waals surface area contributed by atoms with Crippen LogP contribution in [0.4, 0.5) is 4.39 Å². The molecule has 31 heavy (non-hydrogen) atoms. The lowest BCUT2D eigenvalue weighted by atomic mass is 9.95. The minimum atomic E-state index is -0.281. The molecule has 162 valence electrons. The van der Waals surface area contributed by atoms with Crippen LogP contribution >= 0.6 is 11.6 Å². The van der Waals surface area contributed by atoms with Crippen LogP contribution in [0.2, 0.25) is 5.02 Å². The Balaban J connectivity index is 1.26. The van der Waals surface area contributed by atoms with E-state index in [9.17, 15) is 9.18 Å². The first-order valence-electron chi connectivity index (χ1n) is 10.3. The van der Waals surface area contributed by atoms with Gasteiger partial charge in [0.1, 0.15) is 5.82 Å². The quantitative estimate of drug-likeness (QED) is 0.603. The highest BCUT2D eigenvalue weighted by molar-refractivity contribution is 6.30.